The van der Waals surface area contributed by atoms with Crippen LogP contribution in [0.1, 0.15) is 53.0 Å². The third-order valence-corrected chi connectivity index (χ3v) is 2.75. The molecule has 0 aliphatic carbocycles. The van der Waals surface area contributed by atoms with Gasteiger partial charge in [0.25, 0.3) is 0 Å². The van der Waals surface area contributed by atoms with Crippen molar-refractivity contribution in [2.45, 2.75) is 60.1 Å². The summed E-state index contributed by atoms with van der Waals surface area (Å²) in [6.07, 6.45) is 1.76. The van der Waals surface area contributed by atoms with Gasteiger partial charge in [-0.15, -0.1) is 0 Å². The number of hydrogen-bond donors (Lipinski definition) is 1. The third kappa shape index (κ3) is 9.42. The number of ether oxygens (including phenoxy) is 1. The Morgan fingerprint density at radius 2 is 1.70 bits per heavy atom. The summed E-state index contributed by atoms with van der Waals surface area (Å²) in [4.78, 5) is 11.5. The summed E-state index contributed by atoms with van der Waals surface area (Å²) >= 11 is 0. The summed E-state index contributed by atoms with van der Waals surface area (Å²) in [7, 11) is 0. The Morgan fingerprint density at radius 3 is 2.25 bits per heavy atom. The van der Waals surface area contributed by atoms with Gasteiger partial charge in [0.15, 0.2) is 0 Å². The molecule has 0 fully saturated rings. The van der Waals surface area contributed by atoms with E-state index in [-0.39, 0.29) is 12.1 Å². The Balaban J connectivity index is 0.00000172. The fraction of sp³-hybridized carbons (Fsp3) is 0.588. The predicted octanol–water partition coefficient (Wildman–Crippen LogP) is 4.76. The van der Waals surface area contributed by atoms with Gasteiger partial charge in [-0.2, -0.15) is 0 Å². The molecule has 1 aromatic carbocycles. The second kappa shape index (κ2) is 11.3. The molecule has 1 aromatic rings. The van der Waals surface area contributed by atoms with Gasteiger partial charge >= 0.3 is 6.09 Å². The van der Waals surface area contributed by atoms with Gasteiger partial charge in [0.05, 0.1) is 0 Å². The normalized spacial score (nSPS) is 11.3. The second-order valence-corrected chi connectivity index (χ2v) is 5.08. The number of hydrogen-bond acceptors (Lipinski definition) is 2. The van der Waals surface area contributed by atoms with Gasteiger partial charge in [-0.25, -0.2) is 4.79 Å². The summed E-state index contributed by atoms with van der Waals surface area (Å²) in [6, 6.07) is 9.85. The first-order valence-corrected chi connectivity index (χ1v) is 7.55. The third-order valence-electron chi connectivity index (χ3n) is 2.75. The van der Waals surface area contributed by atoms with Crippen molar-refractivity contribution in [1.82, 2.24) is 5.32 Å². The molecule has 0 spiro atoms. The number of carbonyl (C=O) groups excluding carboxylic acids is 1. The highest BCUT2D eigenvalue weighted by molar-refractivity contribution is 5.67. The number of benzene rings is 1. The van der Waals surface area contributed by atoms with Crippen LogP contribution in [-0.2, 0) is 11.3 Å². The van der Waals surface area contributed by atoms with Crippen molar-refractivity contribution in [2.75, 3.05) is 0 Å². The minimum Gasteiger partial charge on any atom is -0.445 e. The molecule has 0 aliphatic rings. The standard InChI is InChI=1S/C15H23NO2.C2H6/c1-12(2)9-10-13(3)16-15(17)18-11-14-7-5-4-6-8-14;1-2/h4-8,12-13H,9-11H2,1-3H3,(H,16,17);1-2H3. The zero-order chi connectivity index (χ0) is 15.4. The molecule has 3 heteroatoms. The Labute approximate surface area is 123 Å². The van der Waals surface area contributed by atoms with Gasteiger partial charge < -0.3 is 10.1 Å². The van der Waals surface area contributed by atoms with Gasteiger partial charge in [-0.05, 0) is 31.2 Å². The largest absolute Gasteiger partial charge is 0.445 e. The molecule has 1 rings (SSSR count). The minimum absolute atomic E-state index is 0.163. The van der Waals surface area contributed by atoms with Crippen LogP contribution in [0.2, 0.25) is 0 Å². The topological polar surface area (TPSA) is 38.3 Å². The predicted molar refractivity (Wildman–Crippen MR) is 84.6 cm³/mol. The summed E-state index contributed by atoms with van der Waals surface area (Å²) < 4.78 is 5.16. The molecule has 0 aromatic heterocycles. The molecule has 0 saturated heterocycles. The molecule has 0 radical (unpaired) electrons. The van der Waals surface area contributed by atoms with Crippen molar-refractivity contribution in [3.8, 4) is 0 Å². The SMILES string of the molecule is CC.CC(C)CCC(C)NC(=O)OCc1ccccc1. The quantitative estimate of drug-likeness (QED) is 0.815. The van der Waals surface area contributed by atoms with E-state index in [1.54, 1.807) is 0 Å². The first kappa shape index (κ1) is 18.5. The van der Waals surface area contributed by atoms with Crippen molar-refractivity contribution >= 4 is 6.09 Å². The molecule has 20 heavy (non-hydrogen) atoms. The molecule has 1 amide bonds. The lowest BCUT2D eigenvalue weighted by atomic mass is 10.0. The molecular formula is C17H29NO2. The number of alkyl carbamates (subject to hydrolysis) is 1. The monoisotopic (exact) mass is 279 g/mol. The molecule has 3 nitrogen and oxygen atoms in total. The highest BCUT2D eigenvalue weighted by atomic mass is 16.5. The number of amides is 1. The van der Waals surface area contributed by atoms with Crippen LogP contribution < -0.4 is 5.32 Å². The van der Waals surface area contributed by atoms with Crippen LogP contribution >= 0.6 is 0 Å². The van der Waals surface area contributed by atoms with Crippen molar-refractivity contribution in [3.05, 3.63) is 35.9 Å². The maximum Gasteiger partial charge on any atom is 0.407 e. The van der Waals surface area contributed by atoms with E-state index in [1.165, 1.54) is 0 Å². The lowest BCUT2D eigenvalue weighted by Gasteiger charge is -2.15. The summed E-state index contributed by atoms with van der Waals surface area (Å²) in [5.41, 5.74) is 1.00. The zero-order valence-corrected chi connectivity index (χ0v) is 13.5. The smallest absolute Gasteiger partial charge is 0.407 e. The van der Waals surface area contributed by atoms with Gasteiger partial charge in [0.1, 0.15) is 6.61 Å². The van der Waals surface area contributed by atoms with E-state index in [9.17, 15) is 4.79 Å². The average molecular weight is 279 g/mol. The minimum atomic E-state index is -0.338. The van der Waals surface area contributed by atoms with E-state index < -0.39 is 0 Å². The lowest BCUT2D eigenvalue weighted by Crippen LogP contribution is -2.33. The van der Waals surface area contributed by atoms with Gasteiger partial charge in [0.2, 0.25) is 0 Å². The van der Waals surface area contributed by atoms with Crippen LogP contribution in [0.5, 0.6) is 0 Å². The summed E-state index contributed by atoms with van der Waals surface area (Å²) in [6.45, 7) is 10.7. The van der Waals surface area contributed by atoms with E-state index in [1.807, 2.05) is 51.1 Å². The van der Waals surface area contributed by atoms with E-state index in [0.717, 1.165) is 18.4 Å². The van der Waals surface area contributed by atoms with Crippen LogP contribution in [0.4, 0.5) is 4.79 Å². The molecule has 1 atom stereocenters. The highest BCUT2D eigenvalue weighted by Gasteiger charge is 2.08. The molecule has 1 N–H and O–H groups in total. The molecule has 114 valence electrons. The highest BCUT2D eigenvalue weighted by Crippen LogP contribution is 2.07. The molecule has 0 heterocycles. The fourth-order valence-corrected chi connectivity index (χ4v) is 1.62. The van der Waals surface area contributed by atoms with Crippen LogP contribution in [0.3, 0.4) is 0 Å². The Bertz CT molecular complexity index is 349. The van der Waals surface area contributed by atoms with E-state index in [4.69, 9.17) is 4.74 Å². The first-order valence-electron chi connectivity index (χ1n) is 7.55. The van der Waals surface area contributed by atoms with Crippen molar-refractivity contribution in [2.24, 2.45) is 5.92 Å². The van der Waals surface area contributed by atoms with E-state index in [2.05, 4.69) is 19.2 Å². The lowest BCUT2D eigenvalue weighted by molar-refractivity contribution is 0.135. The molecule has 0 aliphatic heterocycles. The maximum atomic E-state index is 11.5. The van der Waals surface area contributed by atoms with Crippen LogP contribution in [0, 0.1) is 5.92 Å². The Kier molecular flexibility index (Phi) is 10.5. The zero-order valence-electron chi connectivity index (χ0n) is 13.5. The molecule has 0 bridgehead atoms. The Hall–Kier alpha value is -1.51. The van der Waals surface area contributed by atoms with E-state index >= 15 is 0 Å². The van der Waals surface area contributed by atoms with Crippen molar-refractivity contribution in [3.63, 3.8) is 0 Å². The van der Waals surface area contributed by atoms with Crippen molar-refractivity contribution < 1.29 is 9.53 Å². The number of nitrogens with one attached hydrogen (secondary N) is 1. The van der Waals surface area contributed by atoms with Gasteiger partial charge in [-0.3, -0.25) is 0 Å². The summed E-state index contributed by atoms with van der Waals surface area (Å²) in [5.74, 6) is 0.662. The fourth-order valence-electron chi connectivity index (χ4n) is 1.62. The Morgan fingerprint density at radius 1 is 1.10 bits per heavy atom. The maximum absolute atomic E-state index is 11.5. The molecular weight excluding hydrogens is 250 g/mol. The van der Waals surface area contributed by atoms with Crippen LogP contribution in [-0.4, -0.2) is 12.1 Å². The van der Waals surface area contributed by atoms with Gasteiger partial charge in [-0.1, -0.05) is 58.0 Å². The van der Waals surface area contributed by atoms with Crippen molar-refractivity contribution in [1.29, 1.82) is 0 Å². The molecule has 1 unspecified atom stereocenters. The van der Waals surface area contributed by atoms with Gasteiger partial charge in [0, 0.05) is 6.04 Å². The number of carbonyl (C=O) groups is 1. The summed E-state index contributed by atoms with van der Waals surface area (Å²) in [5, 5.41) is 2.84. The first-order chi connectivity index (χ1) is 9.58. The average Bonchev–Trinajstić information content (AvgIpc) is 2.46. The van der Waals surface area contributed by atoms with E-state index in [0.29, 0.717) is 12.5 Å². The number of rotatable bonds is 6. The second-order valence-electron chi connectivity index (χ2n) is 5.08. The molecule has 0 saturated carbocycles. The van der Waals surface area contributed by atoms with Crippen LogP contribution in [0.25, 0.3) is 0 Å². The van der Waals surface area contributed by atoms with Crippen LogP contribution in [0.15, 0.2) is 30.3 Å².